The van der Waals surface area contributed by atoms with Gasteiger partial charge in [-0.1, -0.05) is 24.3 Å². The Kier molecular flexibility index (Phi) is 4.48. The van der Waals surface area contributed by atoms with Crippen LogP contribution >= 0.6 is 0 Å². The normalized spacial score (nSPS) is 11.3. The maximum atomic E-state index is 13.7. The van der Waals surface area contributed by atoms with Gasteiger partial charge in [0.05, 0.1) is 7.11 Å². The average Bonchev–Trinajstić information content (AvgIpc) is 2.47. The van der Waals surface area contributed by atoms with Crippen molar-refractivity contribution < 1.29 is 18.3 Å². The maximum Gasteiger partial charge on any atom is 0.330 e. The summed E-state index contributed by atoms with van der Waals surface area (Å²) in [5.74, 6) is -1.64. The van der Waals surface area contributed by atoms with Crippen molar-refractivity contribution >= 4 is 11.5 Å². The number of allylic oxidation sites excluding steroid dienone is 1. The molecule has 0 aromatic heterocycles. The van der Waals surface area contributed by atoms with E-state index < -0.39 is 17.6 Å². The lowest BCUT2D eigenvalue weighted by Gasteiger charge is -2.06. The van der Waals surface area contributed by atoms with Gasteiger partial charge in [-0.05, 0) is 35.8 Å². The molecule has 0 bridgehead atoms. The van der Waals surface area contributed by atoms with Crippen LogP contribution in [0.5, 0.6) is 0 Å². The standard InChI is InChI=1S/C17H14F2O2/c1-11(9-17(20)21-2)12-3-5-13(6-4-12)15-8-7-14(18)10-16(15)19/h3-10H,1-2H3/b11-9-. The molecule has 0 aliphatic rings. The Morgan fingerprint density at radius 3 is 2.33 bits per heavy atom. The first-order valence-corrected chi connectivity index (χ1v) is 6.33. The fraction of sp³-hybridized carbons (Fsp3) is 0.118. The third-order valence-corrected chi connectivity index (χ3v) is 3.12. The lowest BCUT2D eigenvalue weighted by atomic mass is 10.0. The summed E-state index contributed by atoms with van der Waals surface area (Å²) in [5.41, 5.74) is 2.54. The smallest absolute Gasteiger partial charge is 0.330 e. The Morgan fingerprint density at radius 2 is 1.76 bits per heavy atom. The molecule has 0 fully saturated rings. The first-order valence-electron chi connectivity index (χ1n) is 6.33. The minimum atomic E-state index is -0.607. The highest BCUT2D eigenvalue weighted by atomic mass is 19.1. The average molecular weight is 288 g/mol. The molecule has 0 heterocycles. The van der Waals surface area contributed by atoms with Gasteiger partial charge in [0.15, 0.2) is 0 Å². The van der Waals surface area contributed by atoms with Crippen LogP contribution in [0.15, 0.2) is 48.5 Å². The van der Waals surface area contributed by atoms with Crippen molar-refractivity contribution in [3.8, 4) is 11.1 Å². The van der Waals surface area contributed by atoms with Crippen LogP contribution in [-0.4, -0.2) is 13.1 Å². The van der Waals surface area contributed by atoms with Crippen molar-refractivity contribution in [3.63, 3.8) is 0 Å². The van der Waals surface area contributed by atoms with Gasteiger partial charge >= 0.3 is 5.97 Å². The summed E-state index contributed by atoms with van der Waals surface area (Å²) in [4.78, 5) is 11.2. The summed E-state index contributed by atoms with van der Waals surface area (Å²) >= 11 is 0. The summed E-state index contributed by atoms with van der Waals surface area (Å²) < 4.78 is 31.2. The summed E-state index contributed by atoms with van der Waals surface area (Å²) in [6.45, 7) is 1.78. The number of esters is 1. The Hall–Kier alpha value is -2.49. The van der Waals surface area contributed by atoms with Crippen molar-refractivity contribution in [2.75, 3.05) is 7.11 Å². The van der Waals surface area contributed by atoms with E-state index in [4.69, 9.17) is 0 Å². The fourth-order valence-corrected chi connectivity index (χ4v) is 1.96. The molecule has 0 saturated heterocycles. The van der Waals surface area contributed by atoms with Crippen molar-refractivity contribution in [2.24, 2.45) is 0 Å². The largest absolute Gasteiger partial charge is 0.466 e. The van der Waals surface area contributed by atoms with Crippen LogP contribution in [0, 0.1) is 11.6 Å². The van der Waals surface area contributed by atoms with Crippen LogP contribution in [0.25, 0.3) is 16.7 Å². The molecule has 0 unspecified atom stereocenters. The number of carbonyl (C=O) groups excluding carboxylic acids is 1. The van der Waals surface area contributed by atoms with Gasteiger partial charge in [-0.3, -0.25) is 0 Å². The van der Waals surface area contributed by atoms with Crippen LogP contribution in [0.1, 0.15) is 12.5 Å². The number of hydrogen-bond acceptors (Lipinski definition) is 2. The van der Waals surface area contributed by atoms with E-state index in [-0.39, 0.29) is 0 Å². The topological polar surface area (TPSA) is 26.3 Å². The molecule has 0 saturated carbocycles. The molecule has 0 aliphatic carbocycles. The minimum absolute atomic E-state index is 0.331. The van der Waals surface area contributed by atoms with E-state index in [1.165, 1.54) is 25.3 Å². The van der Waals surface area contributed by atoms with E-state index in [1.54, 1.807) is 31.2 Å². The second-order valence-corrected chi connectivity index (χ2v) is 4.55. The van der Waals surface area contributed by atoms with E-state index in [0.29, 0.717) is 11.1 Å². The van der Waals surface area contributed by atoms with E-state index in [1.807, 2.05) is 0 Å². The number of carbonyl (C=O) groups is 1. The number of ether oxygens (including phenoxy) is 1. The van der Waals surface area contributed by atoms with Gasteiger partial charge in [-0.15, -0.1) is 0 Å². The molecule has 0 aliphatic heterocycles. The molecule has 0 radical (unpaired) electrons. The number of rotatable bonds is 3. The number of methoxy groups -OCH3 is 1. The highest BCUT2D eigenvalue weighted by molar-refractivity contribution is 5.91. The second kappa shape index (κ2) is 6.31. The van der Waals surface area contributed by atoms with Crippen LogP contribution < -0.4 is 0 Å². The van der Waals surface area contributed by atoms with Gasteiger partial charge in [0.25, 0.3) is 0 Å². The van der Waals surface area contributed by atoms with Crippen molar-refractivity contribution in [1.29, 1.82) is 0 Å². The molecule has 0 N–H and O–H groups in total. The zero-order valence-corrected chi connectivity index (χ0v) is 11.7. The van der Waals surface area contributed by atoms with E-state index in [9.17, 15) is 13.6 Å². The molecule has 0 spiro atoms. The summed E-state index contributed by atoms with van der Waals surface area (Å²) in [5, 5.41) is 0. The second-order valence-electron chi connectivity index (χ2n) is 4.55. The first kappa shape index (κ1) is 14.9. The molecular weight excluding hydrogens is 274 g/mol. The quantitative estimate of drug-likeness (QED) is 0.624. The lowest BCUT2D eigenvalue weighted by Crippen LogP contribution is -1.95. The number of benzene rings is 2. The molecular formula is C17H14F2O2. The molecule has 2 aromatic carbocycles. The Labute approximate surface area is 121 Å². The predicted molar refractivity (Wildman–Crippen MR) is 77.5 cm³/mol. The van der Waals surface area contributed by atoms with E-state index in [0.717, 1.165) is 17.2 Å². The molecule has 4 heteroatoms. The molecule has 2 nitrogen and oxygen atoms in total. The van der Waals surface area contributed by atoms with Crippen molar-refractivity contribution in [3.05, 3.63) is 65.7 Å². The summed E-state index contributed by atoms with van der Waals surface area (Å²) in [6, 6.07) is 10.5. The molecule has 108 valence electrons. The van der Waals surface area contributed by atoms with Crippen LogP contribution in [-0.2, 0) is 9.53 Å². The van der Waals surface area contributed by atoms with Crippen LogP contribution in [0.3, 0.4) is 0 Å². The Bertz CT molecular complexity index is 688. The Balaban J connectivity index is 2.31. The SMILES string of the molecule is COC(=O)/C=C(/C)c1ccc(-c2ccc(F)cc2F)cc1. The summed E-state index contributed by atoms with van der Waals surface area (Å²) in [6.07, 6.45) is 1.38. The van der Waals surface area contributed by atoms with Gasteiger partial charge in [0, 0.05) is 17.7 Å². The highest BCUT2D eigenvalue weighted by Gasteiger charge is 2.07. The van der Waals surface area contributed by atoms with Crippen molar-refractivity contribution in [1.82, 2.24) is 0 Å². The van der Waals surface area contributed by atoms with E-state index >= 15 is 0 Å². The molecule has 2 aromatic rings. The third-order valence-electron chi connectivity index (χ3n) is 3.12. The molecule has 0 amide bonds. The maximum absolute atomic E-state index is 13.7. The molecule has 0 atom stereocenters. The minimum Gasteiger partial charge on any atom is -0.466 e. The zero-order valence-electron chi connectivity index (χ0n) is 11.7. The third kappa shape index (κ3) is 3.54. The highest BCUT2D eigenvalue weighted by Crippen LogP contribution is 2.25. The fourth-order valence-electron chi connectivity index (χ4n) is 1.96. The summed E-state index contributed by atoms with van der Waals surface area (Å²) in [7, 11) is 1.31. The number of halogens is 2. The lowest BCUT2D eigenvalue weighted by molar-refractivity contribution is -0.134. The molecule has 21 heavy (non-hydrogen) atoms. The molecule has 2 rings (SSSR count). The van der Waals surface area contributed by atoms with Gasteiger partial charge in [-0.2, -0.15) is 0 Å². The van der Waals surface area contributed by atoms with Gasteiger partial charge < -0.3 is 4.74 Å². The zero-order chi connectivity index (χ0) is 15.4. The van der Waals surface area contributed by atoms with Gasteiger partial charge in [-0.25, -0.2) is 13.6 Å². The predicted octanol–water partition coefficient (Wildman–Crippen LogP) is 4.21. The van der Waals surface area contributed by atoms with Gasteiger partial charge in [0.1, 0.15) is 11.6 Å². The van der Waals surface area contributed by atoms with Crippen LogP contribution in [0.4, 0.5) is 8.78 Å². The first-order chi connectivity index (χ1) is 10.0. The monoisotopic (exact) mass is 288 g/mol. The van der Waals surface area contributed by atoms with Crippen LogP contribution in [0.2, 0.25) is 0 Å². The van der Waals surface area contributed by atoms with E-state index in [2.05, 4.69) is 4.74 Å². The van der Waals surface area contributed by atoms with Gasteiger partial charge in [0.2, 0.25) is 0 Å². The number of hydrogen-bond donors (Lipinski definition) is 0. The Morgan fingerprint density at radius 1 is 1.10 bits per heavy atom. The van der Waals surface area contributed by atoms with Crippen molar-refractivity contribution in [2.45, 2.75) is 6.92 Å².